The second-order valence-electron chi connectivity index (χ2n) is 17.3. The van der Waals surface area contributed by atoms with Crippen LogP contribution in [0.25, 0.3) is 0 Å². The molecule has 0 aromatic heterocycles. The molecule has 0 atom stereocenters. The Labute approximate surface area is 257 Å². The molecule has 0 bridgehead atoms. The minimum atomic E-state index is -1.80. The third-order valence-electron chi connectivity index (χ3n) is 6.41. The third-order valence-corrected chi connectivity index (χ3v) is 10.4. The first-order valence-electron chi connectivity index (χ1n) is 14.7. The fourth-order valence-corrected chi connectivity index (χ4v) is 8.13. The fourth-order valence-electron chi connectivity index (χ4n) is 4.46. The summed E-state index contributed by atoms with van der Waals surface area (Å²) in [6.45, 7) is 41.3. The van der Waals surface area contributed by atoms with Crippen LogP contribution in [0.2, 0.25) is 39.3 Å². The number of benzene rings is 2. The zero-order valence-electron chi connectivity index (χ0n) is 28.9. The molecule has 0 unspecified atom stereocenters. The van der Waals surface area contributed by atoms with Gasteiger partial charge in [-0.25, -0.2) is 0 Å². The van der Waals surface area contributed by atoms with Crippen molar-refractivity contribution < 1.29 is 8.85 Å². The molecule has 2 aromatic rings. The molecule has 2 nitrogen and oxygen atoms in total. The van der Waals surface area contributed by atoms with Crippen molar-refractivity contribution in [3.8, 4) is 11.5 Å². The van der Waals surface area contributed by atoms with Gasteiger partial charge in [-0.2, -0.15) is 0 Å². The van der Waals surface area contributed by atoms with Crippen molar-refractivity contribution >= 4 is 38.2 Å². The molecule has 0 aliphatic rings. The molecular weight excluding hydrogens is 561 g/mol. The van der Waals surface area contributed by atoms with Crippen LogP contribution in [-0.2, 0) is 21.7 Å². The molecule has 0 spiro atoms. The maximum absolute atomic E-state index is 6.81. The van der Waals surface area contributed by atoms with Gasteiger partial charge in [-0.1, -0.05) is 105 Å². The van der Waals surface area contributed by atoms with Crippen molar-refractivity contribution in [1.29, 1.82) is 0 Å². The van der Waals surface area contributed by atoms with E-state index >= 15 is 0 Å². The van der Waals surface area contributed by atoms with Gasteiger partial charge in [0.15, 0.2) is 0 Å². The number of hydrogen-bond donors (Lipinski definition) is 0. The first-order chi connectivity index (χ1) is 17.6. The molecule has 40 heavy (non-hydrogen) atoms. The molecular formula is C34H58O2S2Si2. The second-order valence-corrected chi connectivity index (χ2v) is 28.4. The van der Waals surface area contributed by atoms with Crippen LogP contribution in [0, 0.1) is 0 Å². The highest BCUT2D eigenvalue weighted by Crippen LogP contribution is 2.49. The van der Waals surface area contributed by atoms with Gasteiger partial charge >= 0.3 is 0 Å². The van der Waals surface area contributed by atoms with Gasteiger partial charge in [0.05, 0.1) is 0 Å². The van der Waals surface area contributed by atoms with Crippen LogP contribution in [0.3, 0.4) is 0 Å². The van der Waals surface area contributed by atoms with Crippen molar-refractivity contribution in [2.75, 3.05) is 0 Å². The van der Waals surface area contributed by atoms with Crippen LogP contribution in [0.4, 0.5) is 0 Å². The molecule has 0 aliphatic carbocycles. The smallest absolute Gasteiger partial charge is 0.242 e. The Morgan fingerprint density at radius 3 is 0.775 bits per heavy atom. The number of hydrogen-bond acceptors (Lipinski definition) is 4. The lowest BCUT2D eigenvalue weighted by Crippen LogP contribution is -2.32. The predicted octanol–water partition coefficient (Wildman–Crippen LogP) is 12.1. The minimum absolute atomic E-state index is 0.0230. The standard InChI is InChI=1S/C34H58O2S2Si2/c1-31(2,3)25-19-23(20-26(32(4,5)6)29(25)35-39(13,14)15)37-38-24-21-27(33(7,8)9)30(36-40(16,17)18)28(22-24)34(10,11)12/h19-22H,1-18H3. The fraction of sp³-hybridized carbons (Fsp3) is 0.647. The van der Waals surface area contributed by atoms with Gasteiger partial charge in [0.25, 0.3) is 0 Å². The Kier molecular flexibility index (Phi) is 10.3. The van der Waals surface area contributed by atoms with Gasteiger partial charge < -0.3 is 8.85 Å². The summed E-state index contributed by atoms with van der Waals surface area (Å²) in [4.78, 5) is 2.56. The summed E-state index contributed by atoms with van der Waals surface area (Å²) in [5.41, 5.74) is 5.11. The molecule has 0 N–H and O–H groups in total. The van der Waals surface area contributed by atoms with Crippen LogP contribution < -0.4 is 8.85 Å². The summed E-state index contributed by atoms with van der Waals surface area (Å²) in [5, 5.41) is 0. The highest BCUT2D eigenvalue weighted by atomic mass is 33.1. The number of rotatable bonds is 7. The normalized spacial score (nSPS) is 13.9. The Morgan fingerprint density at radius 1 is 0.425 bits per heavy atom. The van der Waals surface area contributed by atoms with E-state index in [1.807, 2.05) is 21.6 Å². The summed E-state index contributed by atoms with van der Waals surface area (Å²) in [7, 11) is 0.119. The molecule has 0 fully saturated rings. The highest BCUT2D eigenvalue weighted by Gasteiger charge is 2.33. The first kappa shape index (κ1) is 35.4. The quantitative estimate of drug-likeness (QED) is 0.227. The maximum atomic E-state index is 6.81. The lowest BCUT2D eigenvalue weighted by atomic mass is 9.79. The van der Waals surface area contributed by atoms with E-state index in [4.69, 9.17) is 8.85 Å². The van der Waals surface area contributed by atoms with E-state index in [-0.39, 0.29) is 21.7 Å². The van der Waals surface area contributed by atoms with Crippen LogP contribution in [-0.4, -0.2) is 16.6 Å². The average Bonchev–Trinajstić information content (AvgIpc) is 2.67. The highest BCUT2D eigenvalue weighted by molar-refractivity contribution is 8.76. The summed E-state index contributed by atoms with van der Waals surface area (Å²) < 4.78 is 13.6. The monoisotopic (exact) mass is 618 g/mol. The Balaban J connectivity index is 2.70. The molecule has 0 aliphatic heterocycles. The molecule has 0 saturated heterocycles. The predicted molar refractivity (Wildman–Crippen MR) is 187 cm³/mol. The molecule has 2 rings (SSSR count). The zero-order chi connectivity index (χ0) is 31.3. The third kappa shape index (κ3) is 9.88. The molecule has 226 valence electrons. The van der Waals surface area contributed by atoms with Crippen LogP contribution in [0.1, 0.15) is 105 Å². The van der Waals surface area contributed by atoms with Gasteiger partial charge in [-0.05, 0) is 107 Å². The molecule has 0 amide bonds. The molecule has 6 heteroatoms. The van der Waals surface area contributed by atoms with Crippen LogP contribution in [0.5, 0.6) is 11.5 Å². The molecule has 0 heterocycles. The summed E-state index contributed by atoms with van der Waals surface area (Å²) in [5.74, 6) is 2.21. The zero-order valence-corrected chi connectivity index (χ0v) is 32.6. The topological polar surface area (TPSA) is 18.5 Å². The van der Waals surface area contributed by atoms with Gasteiger partial charge in [-0.15, -0.1) is 0 Å². The molecule has 0 radical (unpaired) electrons. The summed E-state index contributed by atoms with van der Waals surface area (Å²) in [6, 6.07) is 9.50. The van der Waals surface area contributed by atoms with E-state index in [1.54, 1.807) is 0 Å². The van der Waals surface area contributed by atoms with Gasteiger partial charge in [0.2, 0.25) is 16.6 Å². The lowest BCUT2D eigenvalue weighted by molar-refractivity contribution is 0.474. The van der Waals surface area contributed by atoms with Gasteiger partial charge in [0.1, 0.15) is 11.5 Å². The Hall–Kier alpha value is -0.826. The maximum Gasteiger partial charge on any atom is 0.242 e. The van der Waals surface area contributed by atoms with E-state index in [0.29, 0.717) is 0 Å². The summed E-state index contributed by atoms with van der Waals surface area (Å²) >= 11 is 0. The Bertz CT molecular complexity index is 1030. The van der Waals surface area contributed by atoms with E-state index in [1.165, 1.54) is 32.0 Å². The second kappa shape index (κ2) is 11.7. The van der Waals surface area contributed by atoms with E-state index in [2.05, 4.69) is 147 Å². The van der Waals surface area contributed by atoms with Crippen LogP contribution >= 0.6 is 21.6 Å². The molecule has 2 aromatic carbocycles. The largest absolute Gasteiger partial charge is 0.544 e. The van der Waals surface area contributed by atoms with Crippen molar-refractivity contribution in [1.82, 2.24) is 0 Å². The first-order valence-corrected chi connectivity index (χ1v) is 23.7. The van der Waals surface area contributed by atoms with E-state index in [0.717, 1.165) is 11.5 Å². The van der Waals surface area contributed by atoms with E-state index < -0.39 is 16.6 Å². The van der Waals surface area contributed by atoms with Gasteiger partial charge in [0, 0.05) is 9.79 Å². The minimum Gasteiger partial charge on any atom is -0.544 e. The SMILES string of the molecule is CC(C)(C)c1cc(SSc2cc(C(C)(C)C)c(O[Si](C)(C)C)c(C(C)(C)C)c2)cc(C(C)(C)C)c1O[Si](C)(C)C. The van der Waals surface area contributed by atoms with Crippen molar-refractivity contribution in [2.24, 2.45) is 0 Å². The lowest BCUT2D eigenvalue weighted by Gasteiger charge is -2.34. The molecule has 0 saturated carbocycles. The Morgan fingerprint density at radius 2 is 0.625 bits per heavy atom. The summed E-state index contributed by atoms with van der Waals surface area (Å²) in [6.07, 6.45) is 0. The van der Waals surface area contributed by atoms with Gasteiger partial charge in [-0.3, -0.25) is 0 Å². The average molecular weight is 619 g/mol. The van der Waals surface area contributed by atoms with Crippen LogP contribution in [0.15, 0.2) is 34.1 Å². The van der Waals surface area contributed by atoms with E-state index in [9.17, 15) is 0 Å². The van der Waals surface area contributed by atoms with Crippen molar-refractivity contribution in [3.63, 3.8) is 0 Å². The van der Waals surface area contributed by atoms with Crippen molar-refractivity contribution in [3.05, 3.63) is 46.5 Å². The van der Waals surface area contributed by atoms with Crippen molar-refractivity contribution in [2.45, 2.75) is 154 Å².